The number of benzene rings is 1. The van der Waals surface area contributed by atoms with Gasteiger partial charge in [-0.15, -0.1) is 0 Å². The van der Waals surface area contributed by atoms with E-state index in [1.165, 1.54) is 5.56 Å². The molecule has 20 heavy (non-hydrogen) atoms. The monoisotopic (exact) mass is 276 g/mol. The molecule has 1 aliphatic heterocycles. The number of piperidine rings is 1. The summed E-state index contributed by atoms with van der Waals surface area (Å²) < 4.78 is 5.70. The van der Waals surface area contributed by atoms with Crippen molar-refractivity contribution in [1.29, 1.82) is 0 Å². The first kappa shape index (κ1) is 15.0. The van der Waals surface area contributed by atoms with Gasteiger partial charge >= 0.3 is 0 Å². The summed E-state index contributed by atoms with van der Waals surface area (Å²) in [7, 11) is 1.80. The minimum atomic E-state index is 0.00720. The number of ether oxygens (including phenoxy) is 1. The molecule has 1 N–H and O–H groups in total. The van der Waals surface area contributed by atoms with Crippen molar-refractivity contribution in [2.75, 3.05) is 31.6 Å². The quantitative estimate of drug-likeness (QED) is 0.894. The molecule has 4 nitrogen and oxygen atoms in total. The van der Waals surface area contributed by atoms with Crippen LogP contribution >= 0.6 is 0 Å². The number of likely N-dealkylation sites (N-methyl/N-ethyl adjacent to an activating group) is 1. The summed E-state index contributed by atoms with van der Waals surface area (Å²) in [5, 5.41) is 3.29. The number of nitrogens with one attached hydrogen (secondary N) is 1. The number of anilines is 1. The van der Waals surface area contributed by atoms with Crippen molar-refractivity contribution >= 4 is 11.6 Å². The lowest BCUT2D eigenvalue weighted by atomic mass is 10.1. The van der Waals surface area contributed by atoms with Crippen LogP contribution in [0.25, 0.3) is 0 Å². The number of aryl methyl sites for hydroxylation is 1. The van der Waals surface area contributed by atoms with E-state index in [0.29, 0.717) is 0 Å². The zero-order chi connectivity index (χ0) is 14.4. The predicted octanol–water partition coefficient (Wildman–Crippen LogP) is 1.98. The fraction of sp³-hybridized carbons (Fsp3) is 0.562. The molecule has 0 radical (unpaired) electrons. The Bertz CT molecular complexity index is 425. The second kappa shape index (κ2) is 7.41. The minimum Gasteiger partial charge on any atom is -0.368 e. The highest BCUT2D eigenvalue weighted by Gasteiger charge is 2.17. The molecule has 4 heteroatoms. The fourth-order valence-electron chi connectivity index (χ4n) is 2.35. The van der Waals surface area contributed by atoms with Crippen molar-refractivity contribution in [1.82, 2.24) is 5.32 Å². The molecule has 1 fully saturated rings. The highest BCUT2D eigenvalue weighted by molar-refractivity contribution is 5.93. The normalized spacial score (nSPS) is 16.1. The third kappa shape index (κ3) is 4.05. The highest BCUT2D eigenvalue weighted by Crippen LogP contribution is 2.15. The van der Waals surface area contributed by atoms with Crippen LogP contribution in [-0.4, -0.2) is 38.8 Å². The van der Waals surface area contributed by atoms with E-state index in [-0.39, 0.29) is 18.6 Å². The van der Waals surface area contributed by atoms with Crippen LogP contribution in [0.5, 0.6) is 0 Å². The van der Waals surface area contributed by atoms with E-state index >= 15 is 0 Å². The molecule has 1 amide bonds. The maximum atomic E-state index is 12.1. The second-order valence-electron chi connectivity index (χ2n) is 5.23. The van der Waals surface area contributed by atoms with Crippen molar-refractivity contribution in [3.05, 3.63) is 29.8 Å². The molecule has 1 aromatic carbocycles. The summed E-state index contributed by atoms with van der Waals surface area (Å²) in [5.74, 6) is 0.00720. The number of hydrogen-bond acceptors (Lipinski definition) is 3. The molecular weight excluding hydrogens is 252 g/mol. The topological polar surface area (TPSA) is 41.6 Å². The summed E-state index contributed by atoms with van der Waals surface area (Å²) in [6, 6.07) is 8.10. The van der Waals surface area contributed by atoms with Crippen LogP contribution in [0.2, 0.25) is 0 Å². The van der Waals surface area contributed by atoms with Crippen LogP contribution in [0.1, 0.15) is 25.3 Å². The number of carbonyl (C=O) groups excluding carboxylic acids is 1. The van der Waals surface area contributed by atoms with Crippen LogP contribution in [0.15, 0.2) is 24.3 Å². The van der Waals surface area contributed by atoms with Crippen molar-refractivity contribution in [3.63, 3.8) is 0 Å². The van der Waals surface area contributed by atoms with Gasteiger partial charge in [-0.05, 0) is 50.0 Å². The Balaban J connectivity index is 1.83. The Morgan fingerprint density at radius 3 is 2.55 bits per heavy atom. The third-order valence-electron chi connectivity index (χ3n) is 3.83. The lowest BCUT2D eigenvalue weighted by molar-refractivity contribution is -0.125. The maximum Gasteiger partial charge on any atom is 0.252 e. The van der Waals surface area contributed by atoms with Crippen LogP contribution < -0.4 is 10.2 Å². The molecule has 0 unspecified atom stereocenters. The van der Waals surface area contributed by atoms with Crippen molar-refractivity contribution in [2.45, 2.75) is 32.3 Å². The van der Waals surface area contributed by atoms with Gasteiger partial charge in [0.2, 0.25) is 0 Å². The zero-order valence-electron chi connectivity index (χ0n) is 12.4. The molecule has 1 aliphatic rings. The standard InChI is InChI=1S/C16H24N2O2/c1-3-13-4-6-14(7-5-13)18(2)16(19)12-20-15-8-10-17-11-9-15/h4-7,15,17H,3,8-12H2,1-2H3. The number of nitrogens with zero attached hydrogens (tertiary/aromatic N) is 1. The first-order valence-electron chi connectivity index (χ1n) is 7.38. The Morgan fingerprint density at radius 1 is 1.30 bits per heavy atom. The summed E-state index contributed by atoms with van der Waals surface area (Å²) in [6.45, 7) is 4.24. The molecule has 0 aliphatic carbocycles. The van der Waals surface area contributed by atoms with E-state index < -0.39 is 0 Å². The summed E-state index contributed by atoms with van der Waals surface area (Å²) in [6.07, 6.45) is 3.21. The van der Waals surface area contributed by atoms with E-state index in [2.05, 4.69) is 24.4 Å². The lowest BCUT2D eigenvalue weighted by Gasteiger charge is -2.24. The molecule has 1 aromatic rings. The van der Waals surface area contributed by atoms with Crippen LogP contribution in [0.3, 0.4) is 0 Å². The Kier molecular flexibility index (Phi) is 5.56. The first-order chi connectivity index (χ1) is 9.70. The van der Waals surface area contributed by atoms with E-state index in [1.54, 1.807) is 11.9 Å². The summed E-state index contributed by atoms with van der Waals surface area (Å²) in [4.78, 5) is 13.8. The highest BCUT2D eigenvalue weighted by atomic mass is 16.5. The van der Waals surface area contributed by atoms with Gasteiger partial charge in [-0.25, -0.2) is 0 Å². The average molecular weight is 276 g/mol. The summed E-state index contributed by atoms with van der Waals surface area (Å²) >= 11 is 0. The predicted molar refractivity (Wildman–Crippen MR) is 81.1 cm³/mol. The SMILES string of the molecule is CCc1ccc(N(C)C(=O)COC2CCNCC2)cc1. The van der Waals surface area contributed by atoms with E-state index in [9.17, 15) is 4.79 Å². The van der Waals surface area contributed by atoms with Crippen molar-refractivity contribution in [3.8, 4) is 0 Å². The molecule has 2 rings (SSSR count). The molecule has 0 bridgehead atoms. The van der Waals surface area contributed by atoms with E-state index in [1.807, 2.05) is 12.1 Å². The molecule has 0 saturated carbocycles. The molecular formula is C16H24N2O2. The minimum absolute atomic E-state index is 0.00720. The van der Waals surface area contributed by atoms with Crippen LogP contribution in [0.4, 0.5) is 5.69 Å². The van der Waals surface area contributed by atoms with Gasteiger partial charge < -0.3 is 15.0 Å². The Morgan fingerprint density at radius 2 is 1.95 bits per heavy atom. The first-order valence-corrected chi connectivity index (χ1v) is 7.38. The fourth-order valence-corrected chi connectivity index (χ4v) is 2.35. The molecule has 0 spiro atoms. The Hall–Kier alpha value is -1.39. The number of hydrogen-bond donors (Lipinski definition) is 1. The van der Waals surface area contributed by atoms with Crippen LogP contribution in [0, 0.1) is 0 Å². The smallest absolute Gasteiger partial charge is 0.252 e. The number of rotatable bonds is 5. The molecule has 0 atom stereocenters. The van der Waals surface area contributed by atoms with Gasteiger partial charge in [-0.2, -0.15) is 0 Å². The lowest BCUT2D eigenvalue weighted by Crippen LogP contribution is -2.36. The molecule has 1 saturated heterocycles. The Labute approximate surface area is 121 Å². The largest absolute Gasteiger partial charge is 0.368 e. The molecule has 1 heterocycles. The van der Waals surface area contributed by atoms with Gasteiger partial charge in [-0.3, -0.25) is 4.79 Å². The van der Waals surface area contributed by atoms with Crippen molar-refractivity contribution < 1.29 is 9.53 Å². The van der Waals surface area contributed by atoms with Gasteiger partial charge in [0.25, 0.3) is 5.91 Å². The van der Waals surface area contributed by atoms with E-state index in [0.717, 1.165) is 38.0 Å². The number of amides is 1. The van der Waals surface area contributed by atoms with Crippen LogP contribution in [-0.2, 0) is 16.0 Å². The van der Waals surface area contributed by atoms with E-state index in [4.69, 9.17) is 4.74 Å². The average Bonchev–Trinajstić information content (AvgIpc) is 2.53. The second-order valence-corrected chi connectivity index (χ2v) is 5.23. The maximum absolute atomic E-state index is 12.1. The van der Waals surface area contributed by atoms with Gasteiger partial charge in [0, 0.05) is 12.7 Å². The van der Waals surface area contributed by atoms with Gasteiger partial charge in [-0.1, -0.05) is 19.1 Å². The zero-order valence-corrected chi connectivity index (χ0v) is 12.4. The van der Waals surface area contributed by atoms with Crippen molar-refractivity contribution in [2.24, 2.45) is 0 Å². The third-order valence-corrected chi connectivity index (χ3v) is 3.83. The molecule has 0 aromatic heterocycles. The van der Waals surface area contributed by atoms with Gasteiger partial charge in [0.05, 0.1) is 6.10 Å². The van der Waals surface area contributed by atoms with Gasteiger partial charge in [0.1, 0.15) is 6.61 Å². The van der Waals surface area contributed by atoms with Gasteiger partial charge in [0.15, 0.2) is 0 Å². The summed E-state index contributed by atoms with van der Waals surface area (Å²) in [5.41, 5.74) is 2.20. The molecule has 110 valence electrons. The number of carbonyl (C=O) groups is 1.